The number of aromatic nitrogens is 3. The highest BCUT2D eigenvalue weighted by Crippen LogP contribution is 2.37. The average Bonchev–Trinajstić information content (AvgIpc) is 2.91. The van der Waals surface area contributed by atoms with Gasteiger partial charge < -0.3 is 10.5 Å². The molecule has 0 aliphatic heterocycles. The number of fused-ring (bicyclic) bond motifs is 1. The number of ether oxygens (including phenoxy) is 1. The van der Waals surface area contributed by atoms with E-state index in [2.05, 4.69) is 9.97 Å². The zero-order chi connectivity index (χ0) is 13.2. The number of nitrogens with zero attached hydrogens (tertiary/aromatic N) is 3. The van der Waals surface area contributed by atoms with Gasteiger partial charge in [0.25, 0.3) is 0 Å². The normalized spacial score (nSPS) is 18.1. The number of aryl methyl sites for hydroxylation is 1. The first-order valence-electron chi connectivity index (χ1n) is 6.38. The van der Waals surface area contributed by atoms with Crippen LogP contribution in [0.5, 0.6) is 5.88 Å². The highest BCUT2D eigenvalue weighted by Gasteiger charge is 2.24. The monoisotopic (exact) mass is 276 g/mol. The van der Waals surface area contributed by atoms with Crippen LogP contribution in [0.2, 0.25) is 0 Å². The molecular formula is C13H16N4OS. The fourth-order valence-electron chi connectivity index (χ4n) is 2.41. The van der Waals surface area contributed by atoms with Gasteiger partial charge in [0.1, 0.15) is 17.0 Å². The number of hydrogen-bond donors (Lipinski definition) is 1. The summed E-state index contributed by atoms with van der Waals surface area (Å²) in [6, 6.07) is 1.82. The number of rotatable bonds is 3. The Bertz CT molecular complexity index is 584. The van der Waals surface area contributed by atoms with E-state index in [4.69, 9.17) is 15.5 Å². The van der Waals surface area contributed by atoms with Gasteiger partial charge in [0, 0.05) is 23.4 Å². The molecule has 100 valence electrons. The predicted molar refractivity (Wildman–Crippen MR) is 74.4 cm³/mol. The molecule has 0 aromatic carbocycles. The molecule has 6 heteroatoms. The third-order valence-corrected chi connectivity index (χ3v) is 4.58. The summed E-state index contributed by atoms with van der Waals surface area (Å²) in [4.78, 5) is 14.4. The second-order valence-electron chi connectivity index (χ2n) is 4.60. The van der Waals surface area contributed by atoms with Gasteiger partial charge in [-0.15, -0.1) is 11.3 Å². The summed E-state index contributed by atoms with van der Waals surface area (Å²) >= 11 is 1.71. The molecule has 0 saturated heterocycles. The molecule has 0 amide bonds. The Morgan fingerprint density at radius 1 is 1.47 bits per heavy atom. The summed E-state index contributed by atoms with van der Waals surface area (Å²) in [5.74, 6) is 0.964. The van der Waals surface area contributed by atoms with Crippen molar-refractivity contribution in [1.82, 2.24) is 15.0 Å². The van der Waals surface area contributed by atoms with Gasteiger partial charge in [-0.3, -0.25) is 0 Å². The van der Waals surface area contributed by atoms with Crippen molar-refractivity contribution < 1.29 is 4.74 Å². The first-order valence-corrected chi connectivity index (χ1v) is 7.19. The van der Waals surface area contributed by atoms with Crippen molar-refractivity contribution in [1.29, 1.82) is 0 Å². The van der Waals surface area contributed by atoms with Crippen LogP contribution < -0.4 is 10.5 Å². The lowest BCUT2D eigenvalue weighted by Crippen LogP contribution is -2.17. The maximum atomic E-state index is 5.83. The Morgan fingerprint density at radius 2 is 2.37 bits per heavy atom. The van der Waals surface area contributed by atoms with Crippen molar-refractivity contribution in [2.75, 3.05) is 13.7 Å². The zero-order valence-electron chi connectivity index (χ0n) is 10.8. The molecule has 5 nitrogen and oxygen atoms in total. The fraction of sp³-hybridized carbons (Fsp3) is 0.462. The second-order valence-corrected chi connectivity index (χ2v) is 5.68. The molecule has 19 heavy (non-hydrogen) atoms. The Labute approximate surface area is 115 Å². The van der Waals surface area contributed by atoms with E-state index in [1.807, 2.05) is 6.07 Å². The summed E-state index contributed by atoms with van der Waals surface area (Å²) in [6.45, 7) is 0.670. The quantitative estimate of drug-likeness (QED) is 0.928. The smallest absolute Gasteiger partial charge is 0.216 e. The maximum Gasteiger partial charge on any atom is 0.216 e. The molecular weight excluding hydrogens is 260 g/mol. The molecule has 2 aromatic heterocycles. The van der Waals surface area contributed by atoms with Crippen LogP contribution in [0.1, 0.15) is 29.3 Å². The summed E-state index contributed by atoms with van der Waals surface area (Å²) in [6.07, 6.45) is 4.95. The number of nitrogens with two attached hydrogens (primary N) is 1. The van der Waals surface area contributed by atoms with Crippen LogP contribution >= 0.6 is 11.3 Å². The summed E-state index contributed by atoms with van der Waals surface area (Å²) in [5.41, 5.74) is 7.82. The topological polar surface area (TPSA) is 73.9 Å². The number of thiazole rings is 1. The van der Waals surface area contributed by atoms with E-state index >= 15 is 0 Å². The minimum atomic E-state index is 0.400. The van der Waals surface area contributed by atoms with E-state index in [1.54, 1.807) is 18.4 Å². The summed E-state index contributed by atoms with van der Waals surface area (Å²) < 4.78 is 5.13. The highest BCUT2D eigenvalue weighted by molar-refractivity contribution is 7.15. The van der Waals surface area contributed by atoms with Gasteiger partial charge in [0.2, 0.25) is 5.88 Å². The first kappa shape index (κ1) is 12.5. The maximum absolute atomic E-state index is 5.83. The lowest BCUT2D eigenvalue weighted by Gasteiger charge is -2.18. The van der Waals surface area contributed by atoms with Crippen molar-refractivity contribution in [2.45, 2.75) is 25.2 Å². The molecule has 0 spiro atoms. The van der Waals surface area contributed by atoms with Crippen molar-refractivity contribution in [2.24, 2.45) is 5.73 Å². The molecule has 1 atom stereocenters. The van der Waals surface area contributed by atoms with Gasteiger partial charge in [-0.1, -0.05) is 0 Å². The van der Waals surface area contributed by atoms with Crippen LogP contribution in [0.3, 0.4) is 0 Å². The standard InChI is InChI=1S/C13H16N4OS/c1-18-11-5-9(15-7-16-11)13-17-12-8(6-14)3-2-4-10(12)19-13/h5,7-8H,2-4,6,14H2,1H3. The number of methoxy groups -OCH3 is 1. The van der Waals surface area contributed by atoms with Crippen LogP contribution in [0.25, 0.3) is 10.7 Å². The second kappa shape index (κ2) is 5.22. The molecule has 2 N–H and O–H groups in total. The minimum Gasteiger partial charge on any atom is -0.481 e. The van der Waals surface area contributed by atoms with Gasteiger partial charge >= 0.3 is 0 Å². The van der Waals surface area contributed by atoms with E-state index in [-0.39, 0.29) is 0 Å². The largest absolute Gasteiger partial charge is 0.481 e. The SMILES string of the molecule is COc1cc(-c2nc3c(s2)CCCC3CN)ncn1. The third kappa shape index (κ3) is 2.33. The third-order valence-electron chi connectivity index (χ3n) is 3.43. The van der Waals surface area contributed by atoms with Gasteiger partial charge in [-0.2, -0.15) is 0 Å². The van der Waals surface area contributed by atoms with E-state index in [0.717, 1.165) is 23.5 Å². The van der Waals surface area contributed by atoms with Gasteiger partial charge in [-0.25, -0.2) is 15.0 Å². The molecule has 3 rings (SSSR count). The Balaban J connectivity index is 1.99. The summed E-state index contributed by atoms with van der Waals surface area (Å²) in [7, 11) is 1.60. The molecule has 0 bridgehead atoms. The van der Waals surface area contributed by atoms with Crippen molar-refractivity contribution >= 4 is 11.3 Å². The van der Waals surface area contributed by atoms with E-state index in [1.165, 1.54) is 23.3 Å². The van der Waals surface area contributed by atoms with Crippen LogP contribution in [-0.4, -0.2) is 28.6 Å². The summed E-state index contributed by atoms with van der Waals surface area (Å²) in [5, 5.41) is 0.936. The minimum absolute atomic E-state index is 0.400. The van der Waals surface area contributed by atoms with Crippen molar-refractivity contribution in [3.8, 4) is 16.6 Å². The van der Waals surface area contributed by atoms with Crippen LogP contribution in [0.4, 0.5) is 0 Å². The average molecular weight is 276 g/mol. The van der Waals surface area contributed by atoms with Crippen LogP contribution in [-0.2, 0) is 6.42 Å². The molecule has 1 unspecified atom stereocenters. The van der Waals surface area contributed by atoms with Crippen LogP contribution in [0.15, 0.2) is 12.4 Å². The molecule has 1 aliphatic carbocycles. The Kier molecular flexibility index (Phi) is 3.44. The molecule has 0 fully saturated rings. The van der Waals surface area contributed by atoms with Gasteiger partial charge in [0.05, 0.1) is 12.8 Å². The van der Waals surface area contributed by atoms with E-state index in [0.29, 0.717) is 18.3 Å². The van der Waals surface area contributed by atoms with Crippen LogP contribution in [0, 0.1) is 0 Å². The fourth-order valence-corrected chi connectivity index (χ4v) is 3.57. The molecule has 0 radical (unpaired) electrons. The van der Waals surface area contributed by atoms with E-state index in [9.17, 15) is 0 Å². The highest BCUT2D eigenvalue weighted by atomic mass is 32.1. The first-order chi connectivity index (χ1) is 9.31. The van der Waals surface area contributed by atoms with Gasteiger partial charge in [-0.05, 0) is 19.3 Å². The predicted octanol–water partition coefficient (Wildman–Crippen LogP) is 1.99. The van der Waals surface area contributed by atoms with E-state index < -0.39 is 0 Å². The van der Waals surface area contributed by atoms with Crippen molar-refractivity contribution in [3.05, 3.63) is 23.0 Å². The zero-order valence-corrected chi connectivity index (χ0v) is 11.6. The lowest BCUT2D eigenvalue weighted by atomic mass is 9.91. The Hall–Kier alpha value is -1.53. The molecule has 0 saturated carbocycles. The Morgan fingerprint density at radius 3 is 3.16 bits per heavy atom. The number of hydrogen-bond acceptors (Lipinski definition) is 6. The molecule has 1 aliphatic rings. The van der Waals surface area contributed by atoms with Crippen molar-refractivity contribution in [3.63, 3.8) is 0 Å². The molecule has 2 aromatic rings. The molecule has 2 heterocycles. The lowest BCUT2D eigenvalue weighted by molar-refractivity contribution is 0.397. The van der Waals surface area contributed by atoms with Gasteiger partial charge in [0.15, 0.2) is 0 Å².